The summed E-state index contributed by atoms with van der Waals surface area (Å²) in [5.41, 5.74) is 0.508. The molecule has 0 fully saturated rings. The molecule has 28 heavy (non-hydrogen) atoms. The Hall–Kier alpha value is -2.53. The number of nitrogens with zero attached hydrogens (tertiary/aromatic N) is 2. The molecule has 1 aliphatic rings. The lowest BCUT2D eigenvalue weighted by atomic mass is 10.2. The molecule has 2 heterocycles. The Balaban J connectivity index is 1.41. The molecule has 0 bridgehead atoms. The van der Waals surface area contributed by atoms with E-state index in [4.69, 9.17) is 9.47 Å². The van der Waals surface area contributed by atoms with Gasteiger partial charge < -0.3 is 20.1 Å². The Morgan fingerprint density at radius 1 is 1.21 bits per heavy atom. The van der Waals surface area contributed by atoms with Crippen molar-refractivity contribution < 1.29 is 19.1 Å². The van der Waals surface area contributed by atoms with Crippen LogP contribution >= 0.6 is 23.1 Å². The fourth-order valence-corrected chi connectivity index (χ4v) is 3.86. The second kappa shape index (κ2) is 10.1. The number of amides is 3. The van der Waals surface area contributed by atoms with Gasteiger partial charge in [0, 0.05) is 18.3 Å². The molecule has 11 heteroatoms. The number of rotatable bonds is 8. The van der Waals surface area contributed by atoms with Crippen LogP contribution < -0.4 is 25.4 Å². The molecule has 0 saturated heterocycles. The maximum atomic E-state index is 12.0. The number of ether oxygens (including phenoxy) is 2. The lowest BCUT2D eigenvalue weighted by Gasteiger charge is -2.19. The highest BCUT2D eigenvalue weighted by atomic mass is 32.2. The molecule has 1 aromatic heterocycles. The maximum Gasteiger partial charge on any atom is 0.325 e. The monoisotopic (exact) mass is 423 g/mol. The fourth-order valence-electron chi connectivity index (χ4n) is 2.29. The highest BCUT2D eigenvalue weighted by Crippen LogP contribution is 2.32. The standard InChI is InChI=1S/C17H21N5O4S2/c1-2-3-6-18-16-21-22-17(28-16)27-10-14(23)20-15(24)19-11-4-5-12-13(9-11)26-8-7-25-12/h4-5,9H,2-3,6-8,10H2,1H3,(H,18,21)(H2,19,20,23,24). The lowest BCUT2D eigenvalue weighted by molar-refractivity contribution is -0.117. The predicted octanol–water partition coefficient (Wildman–Crippen LogP) is 2.96. The molecule has 3 N–H and O–H groups in total. The van der Waals surface area contributed by atoms with Gasteiger partial charge in [-0.05, 0) is 18.6 Å². The van der Waals surface area contributed by atoms with Crippen molar-refractivity contribution in [1.29, 1.82) is 0 Å². The van der Waals surface area contributed by atoms with Crippen molar-refractivity contribution in [3.8, 4) is 11.5 Å². The van der Waals surface area contributed by atoms with Gasteiger partial charge in [0.15, 0.2) is 15.8 Å². The van der Waals surface area contributed by atoms with Crippen LogP contribution in [0.5, 0.6) is 11.5 Å². The Kier molecular flexibility index (Phi) is 7.31. The number of thioether (sulfide) groups is 1. The van der Waals surface area contributed by atoms with E-state index in [0.717, 1.165) is 24.5 Å². The number of hydrogen-bond acceptors (Lipinski definition) is 9. The topological polar surface area (TPSA) is 114 Å². The number of fused-ring (bicyclic) bond motifs is 1. The van der Waals surface area contributed by atoms with Gasteiger partial charge in [0.25, 0.3) is 0 Å². The molecule has 0 radical (unpaired) electrons. The first-order chi connectivity index (χ1) is 13.6. The number of unbranched alkanes of at least 4 members (excludes halogenated alkanes) is 1. The summed E-state index contributed by atoms with van der Waals surface area (Å²) in [6, 6.07) is 4.44. The molecule has 1 aliphatic heterocycles. The summed E-state index contributed by atoms with van der Waals surface area (Å²) >= 11 is 2.61. The van der Waals surface area contributed by atoms with E-state index in [1.165, 1.54) is 23.1 Å². The van der Waals surface area contributed by atoms with E-state index in [2.05, 4.69) is 33.1 Å². The molecule has 3 amide bonds. The van der Waals surface area contributed by atoms with Crippen LogP contribution in [0.2, 0.25) is 0 Å². The van der Waals surface area contributed by atoms with E-state index in [0.29, 0.717) is 34.7 Å². The lowest BCUT2D eigenvalue weighted by Crippen LogP contribution is -2.35. The molecule has 2 aromatic rings. The van der Waals surface area contributed by atoms with Crippen LogP contribution in [0, 0.1) is 0 Å². The number of benzene rings is 1. The van der Waals surface area contributed by atoms with Crippen molar-refractivity contribution in [3.63, 3.8) is 0 Å². The van der Waals surface area contributed by atoms with Crippen molar-refractivity contribution in [3.05, 3.63) is 18.2 Å². The SMILES string of the molecule is CCCCNc1nnc(SCC(=O)NC(=O)Nc2ccc3c(c2)OCCO3)s1. The molecule has 0 saturated carbocycles. The molecule has 0 aliphatic carbocycles. The van der Waals surface area contributed by atoms with Gasteiger partial charge in [0.2, 0.25) is 11.0 Å². The summed E-state index contributed by atoms with van der Waals surface area (Å²) in [4.78, 5) is 24.0. The van der Waals surface area contributed by atoms with Crippen LogP contribution in [-0.4, -0.2) is 47.6 Å². The Bertz CT molecular complexity index is 830. The highest BCUT2D eigenvalue weighted by Gasteiger charge is 2.14. The van der Waals surface area contributed by atoms with Gasteiger partial charge in [0.05, 0.1) is 5.75 Å². The number of carbonyl (C=O) groups is 2. The zero-order valence-electron chi connectivity index (χ0n) is 15.3. The number of anilines is 2. The number of carbonyl (C=O) groups excluding carboxylic acids is 2. The first-order valence-electron chi connectivity index (χ1n) is 8.84. The second-order valence-corrected chi connectivity index (χ2v) is 8.00. The second-order valence-electron chi connectivity index (χ2n) is 5.80. The first-order valence-corrected chi connectivity index (χ1v) is 10.6. The smallest absolute Gasteiger partial charge is 0.325 e. The fraction of sp³-hybridized carbons (Fsp3) is 0.412. The first kappa shape index (κ1) is 20.2. The zero-order valence-corrected chi connectivity index (χ0v) is 17.0. The van der Waals surface area contributed by atoms with Crippen LogP contribution in [0.15, 0.2) is 22.5 Å². The normalized spacial score (nSPS) is 12.3. The Morgan fingerprint density at radius 2 is 2.04 bits per heavy atom. The van der Waals surface area contributed by atoms with Gasteiger partial charge in [-0.15, -0.1) is 10.2 Å². The molecule has 3 rings (SSSR count). The highest BCUT2D eigenvalue weighted by molar-refractivity contribution is 8.01. The Morgan fingerprint density at radius 3 is 2.86 bits per heavy atom. The number of nitrogens with one attached hydrogen (secondary N) is 3. The summed E-state index contributed by atoms with van der Waals surface area (Å²) in [5, 5.41) is 16.8. The average molecular weight is 424 g/mol. The minimum absolute atomic E-state index is 0.0676. The number of urea groups is 1. The molecular weight excluding hydrogens is 402 g/mol. The van der Waals surface area contributed by atoms with Crippen LogP contribution in [0.25, 0.3) is 0 Å². The third-order valence-electron chi connectivity index (χ3n) is 3.59. The summed E-state index contributed by atoms with van der Waals surface area (Å²) in [5.74, 6) is 0.838. The minimum Gasteiger partial charge on any atom is -0.486 e. The molecule has 0 spiro atoms. The van der Waals surface area contributed by atoms with Crippen molar-refractivity contribution >= 4 is 45.9 Å². The van der Waals surface area contributed by atoms with Crippen molar-refractivity contribution in [2.24, 2.45) is 0 Å². The summed E-state index contributed by atoms with van der Waals surface area (Å²) in [7, 11) is 0. The summed E-state index contributed by atoms with van der Waals surface area (Å²) in [6.45, 7) is 3.92. The van der Waals surface area contributed by atoms with Crippen molar-refractivity contribution in [1.82, 2.24) is 15.5 Å². The van der Waals surface area contributed by atoms with E-state index >= 15 is 0 Å². The molecule has 1 aromatic carbocycles. The van der Waals surface area contributed by atoms with Gasteiger partial charge >= 0.3 is 6.03 Å². The average Bonchev–Trinajstić information content (AvgIpc) is 3.14. The minimum atomic E-state index is -0.610. The largest absolute Gasteiger partial charge is 0.486 e. The van der Waals surface area contributed by atoms with E-state index in [9.17, 15) is 9.59 Å². The van der Waals surface area contributed by atoms with Crippen LogP contribution in [-0.2, 0) is 4.79 Å². The van der Waals surface area contributed by atoms with Crippen LogP contribution in [0.3, 0.4) is 0 Å². The summed E-state index contributed by atoms with van der Waals surface area (Å²) in [6.07, 6.45) is 2.16. The van der Waals surface area contributed by atoms with Crippen molar-refractivity contribution in [2.45, 2.75) is 24.1 Å². The van der Waals surface area contributed by atoms with Crippen LogP contribution in [0.1, 0.15) is 19.8 Å². The van der Waals surface area contributed by atoms with Gasteiger partial charge in [-0.2, -0.15) is 0 Å². The Labute approximate surface area is 170 Å². The third-order valence-corrected chi connectivity index (χ3v) is 5.61. The van der Waals surface area contributed by atoms with Crippen LogP contribution in [0.4, 0.5) is 15.6 Å². The maximum absolute atomic E-state index is 12.0. The quantitative estimate of drug-likeness (QED) is 0.439. The van der Waals surface area contributed by atoms with Gasteiger partial charge in [-0.25, -0.2) is 4.79 Å². The van der Waals surface area contributed by atoms with E-state index in [-0.39, 0.29) is 5.75 Å². The molecule has 0 atom stereocenters. The summed E-state index contributed by atoms with van der Waals surface area (Å²) < 4.78 is 11.6. The third kappa shape index (κ3) is 5.99. The molecule has 0 unspecified atom stereocenters. The molecular formula is C17H21N5O4S2. The van der Waals surface area contributed by atoms with E-state index in [1.54, 1.807) is 18.2 Å². The van der Waals surface area contributed by atoms with E-state index in [1.807, 2.05) is 0 Å². The van der Waals surface area contributed by atoms with Gasteiger partial charge in [-0.3, -0.25) is 10.1 Å². The number of imide groups is 1. The van der Waals surface area contributed by atoms with E-state index < -0.39 is 11.9 Å². The number of aromatic nitrogens is 2. The van der Waals surface area contributed by atoms with Gasteiger partial charge in [-0.1, -0.05) is 36.4 Å². The molecule has 150 valence electrons. The predicted molar refractivity (Wildman–Crippen MR) is 109 cm³/mol. The number of hydrogen-bond donors (Lipinski definition) is 3. The van der Waals surface area contributed by atoms with Crippen molar-refractivity contribution in [2.75, 3.05) is 36.1 Å². The van der Waals surface area contributed by atoms with Gasteiger partial charge in [0.1, 0.15) is 13.2 Å². The zero-order chi connectivity index (χ0) is 19.8. The molecule has 9 nitrogen and oxygen atoms in total.